The molecule has 2 rings (SSSR count). The van der Waals surface area contributed by atoms with Crippen LogP contribution in [0.4, 0.5) is 0 Å². The molecule has 0 spiro atoms. The quantitative estimate of drug-likeness (QED) is 0.603. The highest BCUT2D eigenvalue weighted by molar-refractivity contribution is 5.00. The molecule has 2 fully saturated rings. The van der Waals surface area contributed by atoms with Gasteiger partial charge in [0.05, 0.1) is 0 Å². The van der Waals surface area contributed by atoms with Crippen LogP contribution in [-0.4, -0.2) is 0 Å². The number of fused-ring (bicyclic) bond motifs is 1. The van der Waals surface area contributed by atoms with E-state index >= 15 is 0 Å². The van der Waals surface area contributed by atoms with Crippen LogP contribution in [0, 0.1) is 35.5 Å². The Morgan fingerprint density at radius 3 is 2.31 bits per heavy atom. The van der Waals surface area contributed by atoms with Crippen LogP contribution in [0.5, 0.6) is 0 Å². The first kappa shape index (κ1) is 9.55. The molecule has 0 bridgehead atoms. The molecule has 2 saturated carbocycles. The van der Waals surface area contributed by atoms with Crippen LogP contribution in [0.3, 0.4) is 0 Å². The molecule has 0 saturated heterocycles. The third-order valence-corrected chi connectivity index (χ3v) is 4.54. The molecule has 0 aromatic heterocycles. The van der Waals surface area contributed by atoms with E-state index in [-0.39, 0.29) is 0 Å². The van der Waals surface area contributed by atoms with E-state index in [1.165, 1.54) is 19.3 Å². The minimum Gasteiger partial charge on any atom is -0.0628 e. The van der Waals surface area contributed by atoms with Gasteiger partial charge in [0.25, 0.3) is 0 Å². The summed E-state index contributed by atoms with van der Waals surface area (Å²) < 4.78 is 0. The average molecular weight is 180 g/mol. The lowest BCUT2D eigenvalue weighted by Crippen LogP contribution is -2.42. The monoisotopic (exact) mass is 180 g/mol. The molecule has 76 valence electrons. The highest BCUT2D eigenvalue weighted by Gasteiger charge is 2.51. The summed E-state index contributed by atoms with van der Waals surface area (Å²) in [6, 6.07) is 0. The number of rotatable bonds is 2. The van der Waals surface area contributed by atoms with Crippen LogP contribution in [0.1, 0.15) is 47.0 Å². The van der Waals surface area contributed by atoms with Crippen LogP contribution in [0.25, 0.3) is 0 Å². The molecule has 2 aliphatic rings. The summed E-state index contributed by atoms with van der Waals surface area (Å²) in [7, 11) is 0. The molecule has 13 heavy (non-hydrogen) atoms. The SMILES string of the molecule is CC(C)CC1C(C)C2CC(C)CC12. The van der Waals surface area contributed by atoms with Gasteiger partial charge in [-0.2, -0.15) is 0 Å². The van der Waals surface area contributed by atoms with E-state index in [4.69, 9.17) is 0 Å². The third-order valence-electron chi connectivity index (χ3n) is 4.54. The van der Waals surface area contributed by atoms with Gasteiger partial charge in [-0.25, -0.2) is 0 Å². The van der Waals surface area contributed by atoms with Gasteiger partial charge in [-0.3, -0.25) is 0 Å². The smallest absolute Gasteiger partial charge is 0.0349 e. The molecule has 0 aliphatic heterocycles. The van der Waals surface area contributed by atoms with Crippen LogP contribution >= 0.6 is 0 Å². The van der Waals surface area contributed by atoms with Gasteiger partial charge in [0.15, 0.2) is 0 Å². The number of hydrogen-bond donors (Lipinski definition) is 0. The lowest BCUT2D eigenvalue weighted by atomic mass is 9.57. The highest BCUT2D eigenvalue weighted by Crippen LogP contribution is 2.58. The summed E-state index contributed by atoms with van der Waals surface area (Å²) in [4.78, 5) is 0. The van der Waals surface area contributed by atoms with Crippen molar-refractivity contribution in [2.75, 3.05) is 0 Å². The van der Waals surface area contributed by atoms with Crippen molar-refractivity contribution in [3.05, 3.63) is 0 Å². The van der Waals surface area contributed by atoms with E-state index in [0.29, 0.717) is 0 Å². The van der Waals surface area contributed by atoms with Gasteiger partial charge in [-0.15, -0.1) is 0 Å². The maximum atomic E-state index is 2.49. The van der Waals surface area contributed by atoms with Crippen molar-refractivity contribution >= 4 is 0 Å². The van der Waals surface area contributed by atoms with E-state index in [1.54, 1.807) is 0 Å². The minimum absolute atomic E-state index is 0.907. The van der Waals surface area contributed by atoms with E-state index in [0.717, 1.165) is 35.5 Å². The average Bonchev–Trinajstić information content (AvgIpc) is 2.40. The molecule has 0 N–H and O–H groups in total. The Hall–Kier alpha value is 0. The fourth-order valence-electron chi connectivity index (χ4n) is 3.97. The van der Waals surface area contributed by atoms with Gasteiger partial charge in [-0.1, -0.05) is 27.7 Å². The molecule has 0 heterocycles. The van der Waals surface area contributed by atoms with Crippen molar-refractivity contribution in [1.29, 1.82) is 0 Å². The molecule has 0 nitrogen and oxygen atoms in total. The first-order chi connectivity index (χ1) is 6.09. The van der Waals surface area contributed by atoms with Gasteiger partial charge in [0, 0.05) is 0 Å². The molecule has 0 aromatic carbocycles. The summed E-state index contributed by atoms with van der Waals surface area (Å²) in [5.41, 5.74) is 0. The van der Waals surface area contributed by atoms with Crippen molar-refractivity contribution in [2.24, 2.45) is 35.5 Å². The topological polar surface area (TPSA) is 0 Å². The fourth-order valence-corrected chi connectivity index (χ4v) is 3.97. The first-order valence-electron chi connectivity index (χ1n) is 6.09. The molecular formula is C13H24. The molecule has 5 unspecified atom stereocenters. The van der Waals surface area contributed by atoms with Crippen molar-refractivity contribution in [3.63, 3.8) is 0 Å². The maximum absolute atomic E-state index is 2.49. The van der Waals surface area contributed by atoms with Gasteiger partial charge in [0.2, 0.25) is 0 Å². The second-order valence-corrected chi connectivity index (χ2v) is 6.06. The number of hydrogen-bond acceptors (Lipinski definition) is 0. The summed E-state index contributed by atoms with van der Waals surface area (Å²) in [6.45, 7) is 9.68. The first-order valence-corrected chi connectivity index (χ1v) is 6.09. The predicted molar refractivity (Wildman–Crippen MR) is 57.5 cm³/mol. The normalized spacial score (nSPS) is 49.2. The van der Waals surface area contributed by atoms with Gasteiger partial charge < -0.3 is 0 Å². The Bertz CT molecular complexity index is 182. The highest BCUT2D eigenvalue weighted by atomic mass is 14.6. The third kappa shape index (κ3) is 1.53. The van der Waals surface area contributed by atoms with Crippen LogP contribution in [0.2, 0.25) is 0 Å². The van der Waals surface area contributed by atoms with E-state index in [1.807, 2.05) is 0 Å². The largest absolute Gasteiger partial charge is 0.0628 e. The molecule has 0 amide bonds. The van der Waals surface area contributed by atoms with Crippen molar-refractivity contribution in [3.8, 4) is 0 Å². The second kappa shape index (κ2) is 3.29. The summed E-state index contributed by atoms with van der Waals surface area (Å²) in [5.74, 6) is 6.28. The van der Waals surface area contributed by atoms with Crippen molar-refractivity contribution in [2.45, 2.75) is 47.0 Å². The predicted octanol–water partition coefficient (Wildman–Crippen LogP) is 3.96. The summed E-state index contributed by atoms with van der Waals surface area (Å²) in [5, 5.41) is 0. The molecule has 5 atom stereocenters. The fraction of sp³-hybridized carbons (Fsp3) is 1.00. The zero-order chi connectivity index (χ0) is 9.59. The Balaban J connectivity index is 1.93. The van der Waals surface area contributed by atoms with Crippen LogP contribution in [-0.2, 0) is 0 Å². The van der Waals surface area contributed by atoms with E-state index in [9.17, 15) is 0 Å². The Labute approximate surface area is 83.1 Å². The van der Waals surface area contributed by atoms with Crippen LogP contribution < -0.4 is 0 Å². The zero-order valence-corrected chi connectivity index (χ0v) is 9.59. The van der Waals surface area contributed by atoms with Crippen molar-refractivity contribution in [1.82, 2.24) is 0 Å². The van der Waals surface area contributed by atoms with Gasteiger partial charge >= 0.3 is 0 Å². The maximum Gasteiger partial charge on any atom is -0.0349 e. The molecule has 0 radical (unpaired) electrons. The van der Waals surface area contributed by atoms with Gasteiger partial charge in [-0.05, 0) is 54.8 Å². The molecule has 0 heteroatoms. The Morgan fingerprint density at radius 1 is 1.08 bits per heavy atom. The lowest BCUT2D eigenvalue weighted by Gasteiger charge is -2.48. The molecular weight excluding hydrogens is 156 g/mol. The molecule has 2 aliphatic carbocycles. The van der Waals surface area contributed by atoms with Crippen LogP contribution in [0.15, 0.2) is 0 Å². The molecule has 0 aromatic rings. The Morgan fingerprint density at radius 2 is 1.69 bits per heavy atom. The lowest BCUT2D eigenvalue weighted by molar-refractivity contribution is 0.00129. The van der Waals surface area contributed by atoms with Crippen molar-refractivity contribution < 1.29 is 0 Å². The van der Waals surface area contributed by atoms with E-state index in [2.05, 4.69) is 27.7 Å². The summed E-state index contributed by atoms with van der Waals surface area (Å²) >= 11 is 0. The minimum atomic E-state index is 0.907. The zero-order valence-electron chi connectivity index (χ0n) is 9.59. The Kier molecular flexibility index (Phi) is 2.42. The van der Waals surface area contributed by atoms with E-state index < -0.39 is 0 Å². The summed E-state index contributed by atoms with van der Waals surface area (Å²) in [6.07, 6.45) is 4.54. The second-order valence-electron chi connectivity index (χ2n) is 6.06. The van der Waals surface area contributed by atoms with Gasteiger partial charge in [0.1, 0.15) is 0 Å². The standard InChI is InChI=1S/C13H24/c1-8(2)5-11-10(4)12-6-9(3)7-13(11)12/h8-13H,5-7H2,1-4H3.